The molecule has 2 amide bonds. The Bertz CT molecular complexity index is 1210. The second-order valence-corrected chi connectivity index (χ2v) is 8.38. The average Bonchev–Trinajstić information content (AvgIpc) is 3.31. The SMILES string of the molecule is COc1ccc(C(=O)[C@H]2[C@@H]3C(=O)N(c4ccc(Cl)cc4)C(=O)[C@@H]3[C@H]3C=CC=NN32)cc1OC. The number of fused-ring (bicyclic) bond motifs is 3. The smallest absolute Gasteiger partial charge is 0.240 e. The van der Waals surface area contributed by atoms with Crippen molar-refractivity contribution in [3.05, 3.63) is 65.2 Å². The monoisotopic (exact) mass is 465 g/mol. The van der Waals surface area contributed by atoms with E-state index in [4.69, 9.17) is 21.1 Å². The van der Waals surface area contributed by atoms with Crippen LogP contribution in [0.25, 0.3) is 0 Å². The Hall–Kier alpha value is -3.65. The van der Waals surface area contributed by atoms with Crippen molar-refractivity contribution in [1.82, 2.24) is 5.01 Å². The van der Waals surface area contributed by atoms with Gasteiger partial charge in [0.2, 0.25) is 11.8 Å². The molecule has 0 saturated carbocycles. The van der Waals surface area contributed by atoms with E-state index in [2.05, 4.69) is 5.10 Å². The molecule has 33 heavy (non-hydrogen) atoms. The van der Waals surface area contributed by atoms with Crippen molar-refractivity contribution in [1.29, 1.82) is 0 Å². The maximum absolute atomic E-state index is 13.7. The summed E-state index contributed by atoms with van der Waals surface area (Å²) >= 11 is 5.97. The van der Waals surface area contributed by atoms with E-state index < -0.39 is 29.8 Å². The molecule has 0 radical (unpaired) electrons. The van der Waals surface area contributed by atoms with Gasteiger partial charge in [0, 0.05) is 16.8 Å². The number of allylic oxidation sites excluding steroid dienone is 1. The summed E-state index contributed by atoms with van der Waals surface area (Å²) in [6, 6.07) is 9.88. The Morgan fingerprint density at radius 3 is 2.36 bits per heavy atom. The number of hydrogen-bond acceptors (Lipinski definition) is 7. The third kappa shape index (κ3) is 3.21. The highest BCUT2D eigenvalue weighted by atomic mass is 35.5. The predicted molar refractivity (Wildman–Crippen MR) is 122 cm³/mol. The number of amides is 2. The van der Waals surface area contributed by atoms with Crippen LogP contribution in [0.1, 0.15) is 10.4 Å². The van der Waals surface area contributed by atoms with Crippen LogP contribution in [0.5, 0.6) is 11.5 Å². The molecule has 0 aliphatic carbocycles. The number of nitrogens with zero attached hydrogens (tertiary/aromatic N) is 3. The van der Waals surface area contributed by atoms with Crippen molar-refractivity contribution >= 4 is 41.1 Å². The summed E-state index contributed by atoms with van der Waals surface area (Å²) in [6.45, 7) is 0. The zero-order valence-corrected chi connectivity index (χ0v) is 18.6. The number of anilines is 1. The maximum atomic E-state index is 13.7. The molecule has 0 bridgehead atoms. The summed E-state index contributed by atoms with van der Waals surface area (Å²) in [5.41, 5.74) is 0.767. The van der Waals surface area contributed by atoms with Crippen molar-refractivity contribution in [3.8, 4) is 11.5 Å². The first-order valence-electron chi connectivity index (χ1n) is 10.3. The lowest BCUT2D eigenvalue weighted by Crippen LogP contribution is -2.46. The quantitative estimate of drug-likeness (QED) is 0.498. The molecule has 2 fully saturated rings. The fourth-order valence-corrected chi connectivity index (χ4v) is 4.97. The summed E-state index contributed by atoms with van der Waals surface area (Å²) < 4.78 is 10.6. The van der Waals surface area contributed by atoms with Gasteiger partial charge in [-0.05, 0) is 48.5 Å². The van der Waals surface area contributed by atoms with Gasteiger partial charge in [0.25, 0.3) is 0 Å². The van der Waals surface area contributed by atoms with E-state index in [1.54, 1.807) is 59.8 Å². The molecule has 0 N–H and O–H groups in total. The lowest BCUT2D eigenvalue weighted by atomic mass is 9.86. The summed E-state index contributed by atoms with van der Waals surface area (Å²) in [7, 11) is 2.99. The van der Waals surface area contributed by atoms with Crippen molar-refractivity contribution in [2.24, 2.45) is 16.9 Å². The van der Waals surface area contributed by atoms with Gasteiger partial charge in [-0.2, -0.15) is 5.10 Å². The molecule has 2 aromatic carbocycles. The molecule has 2 saturated heterocycles. The van der Waals surface area contributed by atoms with E-state index in [0.29, 0.717) is 27.8 Å². The molecule has 3 aliphatic heterocycles. The van der Waals surface area contributed by atoms with Gasteiger partial charge in [-0.3, -0.25) is 19.4 Å². The van der Waals surface area contributed by atoms with E-state index in [1.165, 1.54) is 14.2 Å². The first-order valence-corrected chi connectivity index (χ1v) is 10.7. The molecule has 168 valence electrons. The Labute approximate surface area is 195 Å². The number of hydrogen-bond donors (Lipinski definition) is 0. The summed E-state index contributed by atoms with van der Waals surface area (Å²) in [5, 5.41) is 6.43. The minimum absolute atomic E-state index is 0.319. The second-order valence-electron chi connectivity index (χ2n) is 7.94. The number of hydrazone groups is 1. The number of carbonyl (C=O) groups is 3. The fourth-order valence-electron chi connectivity index (χ4n) is 4.84. The minimum Gasteiger partial charge on any atom is -0.493 e. The number of benzene rings is 2. The molecule has 5 rings (SSSR count). The molecule has 0 spiro atoms. The highest BCUT2D eigenvalue weighted by Gasteiger charge is 2.64. The summed E-state index contributed by atoms with van der Waals surface area (Å²) in [5.74, 6) is -1.82. The molecule has 3 aliphatic rings. The second kappa shape index (κ2) is 8.04. The van der Waals surface area contributed by atoms with Gasteiger partial charge in [-0.1, -0.05) is 17.7 Å². The van der Waals surface area contributed by atoms with Crippen LogP contribution in [-0.4, -0.2) is 55.1 Å². The normalized spacial score (nSPS) is 25.3. The van der Waals surface area contributed by atoms with E-state index >= 15 is 0 Å². The first-order chi connectivity index (χ1) is 16.0. The van der Waals surface area contributed by atoms with E-state index in [0.717, 1.165) is 4.90 Å². The van der Waals surface area contributed by atoms with E-state index in [-0.39, 0.29) is 11.7 Å². The van der Waals surface area contributed by atoms with Crippen LogP contribution >= 0.6 is 11.6 Å². The summed E-state index contributed by atoms with van der Waals surface area (Å²) in [4.78, 5) is 41.9. The van der Waals surface area contributed by atoms with Gasteiger partial charge in [-0.25, -0.2) is 4.90 Å². The van der Waals surface area contributed by atoms with Crippen molar-refractivity contribution in [2.75, 3.05) is 19.1 Å². The highest BCUT2D eigenvalue weighted by molar-refractivity contribution is 6.31. The Morgan fingerprint density at radius 1 is 0.970 bits per heavy atom. The zero-order chi connectivity index (χ0) is 23.3. The molecule has 0 aromatic heterocycles. The van der Waals surface area contributed by atoms with Gasteiger partial charge >= 0.3 is 0 Å². The van der Waals surface area contributed by atoms with Gasteiger partial charge in [0.05, 0.1) is 37.8 Å². The van der Waals surface area contributed by atoms with Crippen molar-refractivity contribution < 1.29 is 23.9 Å². The average molecular weight is 466 g/mol. The van der Waals surface area contributed by atoms with Crippen LogP contribution in [-0.2, 0) is 9.59 Å². The van der Waals surface area contributed by atoms with Gasteiger partial charge in [-0.15, -0.1) is 0 Å². The third-order valence-corrected chi connectivity index (χ3v) is 6.56. The fraction of sp³-hybridized carbons (Fsp3) is 0.250. The van der Waals surface area contributed by atoms with Gasteiger partial charge in [0.1, 0.15) is 6.04 Å². The molecular weight excluding hydrogens is 446 g/mol. The first kappa shape index (κ1) is 21.2. The lowest BCUT2D eigenvalue weighted by molar-refractivity contribution is -0.123. The lowest BCUT2D eigenvalue weighted by Gasteiger charge is -2.30. The van der Waals surface area contributed by atoms with Crippen molar-refractivity contribution in [2.45, 2.75) is 12.1 Å². The van der Waals surface area contributed by atoms with E-state index in [9.17, 15) is 14.4 Å². The van der Waals surface area contributed by atoms with Crippen LogP contribution in [0.2, 0.25) is 5.02 Å². The number of halogens is 1. The summed E-state index contributed by atoms with van der Waals surface area (Å²) in [6.07, 6.45) is 5.09. The maximum Gasteiger partial charge on any atom is 0.240 e. The topological polar surface area (TPSA) is 88.5 Å². The third-order valence-electron chi connectivity index (χ3n) is 6.31. The number of methoxy groups -OCH3 is 2. The Kier molecular flexibility index (Phi) is 5.17. The van der Waals surface area contributed by atoms with Crippen molar-refractivity contribution in [3.63, 3.8) is 0 Å². The number of ether oxygens (including phenoxy) is 2. The van der Waals surface area contributed by atoms with Gasteiger partial charge < -0.3 is 9.47 Å². The largest absolute Gasteiger partial charge is 0.493 e. The van der Waals surface area contributed by atoms with Gasteiger partial charge in [0.15, 0.2) is 17.3 Å². The number of Topliss-reactive ketones (excluding diaryl/α,β-unsaturated/α-hetero) is 1. The molecular formula is C24H20ClN3O5. The van der Waals surface area contributed by atoms with Crippen LogP contribution < -0.4 is 14.4 Å². The van der Waals surface area contributed by atoms with E-state index in [1.807, 2.05) is 6.08 Å². The molecule has 8 nitrogen and oxygen atoms in total. The molecule has 3 heterocycles. The Morgan fingerprint density at radius 2 is 1.67 bits per heavy atom. The number of carbonyl (C=O) groups excluding carboxylic acids is 3. The zero-order valence-electron chi connectivity index (χ0n) is 17.8. The predicted octanol–water partition coefficient (Wildman–Crippen LogP) is 2.95. The van der Waals surface area contributed by atoms with Crippen LogP contribution in [0.3, 0.4) is 0 Å². The standard InChI is InChI=1S/C24H20ClN3O5/c1-32-17-10-5-13(12-18(17)33-2)22(29)21-20-19(16-4-3-11-26-28(16)21)23(30)27(24(20)31)15-8-6-14(25)7-9-15/h3-12,16,19-21H,1-2H3/t16-,19-,20-,21-/m1/s1. The number of rotatable bonds is 5. The molecule has 4 atom stereocenters. The number of ketones is 1. The van der Waals surface area contributed by atoms with Crippen LogP contribution in [0.15, 0.2) is 59.7 Å². The number of imide groups is 1. The minimum atomic E-state index is -0.937. The van der Waals surface area contributed by atoms with Crippen LogP contribution in [0, 0.1) is 11.8 Å². The molecule has 2 aromatic rings. The molecule has 0 unspecified atom stereocenters. The van der Waals surface area contributed by atoms with Crippen LogP contribution in [0.4, 0.5) is 5.69 Å². The molecule has 9 heteroatoms. The Balaban J connectivity index is 1.56. The highest BCUT2D eigenvalue weighted by Crippen LogP contribution is 2.46.